The van der Waals surface area contributed by atoms with Gasteiger partial charge in [0.05, 0.1) is 17.8 Å². The Labute approximate surface area is 156 Å². The number of anilines is 1. The molecule has 1 saturated heterocycles. The predicted molar refractivity (Wildman–Crippen MR) is 97.4 cm³/mol. The van der Waals surface area contributed by atoms with Crippen LogP contribution in [0.5, 0.6) is 11.5 Å². The highest BCUT2D eigenvalue weighted by molar-refractivity contribution is 9.10. The van der Waals surface area contributed by atoms with Gasteiger partial charge in [-0.2, -0.15) is 0 Å². The van der Waals surface area contributed by atoms with Crippen molar-refractivity contribution in [3.8, 4) is 11.5 Å². The van der Waals surface area contributed by atoms with Gasteiger partial charge in [0.2, 0.25) is 0 Å². The van der Waals surface area contributed by atoms with Crippen molar-refractivity contribution in [1.29, 1.82) is 0 Å². The monoisotopic (exact) mass is 422 g/mol. The zero-order chi connectivity index (χ0) is 18.1. The van der Waals surface area contributed by atoms with E-state index < -0.39 is 11.8 Å². The molecule has 1 aliphatic rings. The van der Waals surface area contributed by atoms with Gasteiger partial charge < -0.3 is 9.84 Å². The fourth-order valence-electron chi connectivity index (χ4n) is 2.35. The number of aromatic hydroxyl groups is 1. The Morgan fingerprint density at radius 2 is 2.04 bits per heavy atom. The van der Waals surface area contributed by atoms with Gasteiger partial charge in [-0.3, -0.25) is 15.0 Å². The minimum atomic E-state index is -0.534. The first-order chi connectivity index (χ1) is 11.9. The number of methoxy groups -OCH3 is 1. The number of phenolic OH excluding ortho intramolecular Hbond substituents is 1. The van der Waals surface area contributed by atoms with Crippen LogP contribution in [0.2, 0.25) is 5.02 Å². The van der Waals surface area contributed by atoms with E-state index in [9.17, 15) is 14.7 Å². The molecule has 2 N–H and O–H groups in total. The Bertz CT molecular complexity index is 914. The van der Waals surface area contributed by atoms with Crippen molar-refractivity contribution in [2.24, 2.45) is 0 Å². The van der Waals surface area contributed by atoms with E-state index >= 15 is 0 Å². The number of rotatable bonds is 3. The number of amides is 2. The molecule has 8 heteroatoms. The van der Waals surface area contributed by atoms with Crippen LogP contribution in [0.25, 0.3) is 6.08 Å². The number of carbonyl (C=O) groups is 2. The van der Waals surface area contributed by atoms with Crippen LogP contribution >= 0.6 is 27.5 Å². The van der Waals surface area contributed by atoms with E-state index in [2.05, 4.69) is 21.4 Å². The molecule has 1 heterocycles. The maximum absolute atomic E-state index is 12.6. The molecule has 1 aliphatic heterocycles. The van der Waals surface area contributed by atoms with Gasteiger partial charge in [0, 0.05) is 4.47 Å². The normalized spacial score (nSPS) is 15.6. The maximum atomic E-state index is 12.6. The Morgan fingerprint density at radius 1 is 1.28 bits per heavy atom. The fourth-order valence-corrected chi connectivity index (χ4v) is 2.96. The van der Waals surface area contributed by atoms with Crippen LogP contribution in [-0.2, 0) is 9.59 Å². The third-order valence-electron chi connectivity index (χ3n) is 3.54. The molecular weight excluding hydrogens is 412 g/mol. The molecule has 1 fully saturated rings. The molecule has 2 aromatic carbocycles. The van der Waals surface area contributed by atoms with Gasteiger partial charge in [0.25, 0.3) is 11.8 Å². The van der Waals surface area contributed by atoms with Crippen molar-refractivity contribution in [2.45, 2.75) is 0 Å². The summed E-state index contributed by atoms with van der Waals surface area (Å²) in [4.78, 5) is 24.8. The molecule has 25 heavy (non-hydrogen) atoms. The van der Waals surface area contributed by atoms with E-state index in [1.54, 1.807) is 18.2 Å². The summed E-state index contributed by atoms with van der Waals surface area (Å²) in [6, 6.07) is 9.90. The second kappa shape index (κ2) is 6.78. The van der Waals surface area contributed by atoms with E-state index in [1.165, 1.54) is 25.3 Å². The Kier molecular flexibility index (Phi) is 4.69. The molecule has 3 rings (SSSR count). The number of halogens is 2. The van der Waals surface area contributed by atoms with Crippen LogP contribution in [-0.4, -0.2) is 24.0 Å². The first kappa shape index (κ1) is 17.3. The Balaban J connectivity index is 1.98. The van der Waals surface area contributed by atoms with Crippen molar-refractivity contribution in [2.75, 3.05) is 12.1 Å². The lowest BCUT2D eigenvalue weighted by atomic mass is 10.1. The number of hydrogen-bond donors (Lipinski definition) is 2. The molecule has 2 amide bonds. The molecule has 0 spiro atoms. The number of benzene rings is 2. The van der Waals surface area contributed by atoms with Crippen LogP contribution in [0.4, 0.5) is 5.69 Å². The van der Waals surface area contributed by atoms with E-state index in [0.717, 1.165) is 9.48 Å². The van der Waals surface area contributed by atoms with Crippen LogP contribution in [0.3, 0.4) is 0 Å². The van der Waals surface area contributed by atoms with E-state index in [4.69, 9.17) is 16.3 Å². The number of phenols is 1. The van der Waals surface area contributed by atoms with E-state index in [0.29, 0.717) is 11.3 Å². The summed E-state index contributed by atoms with van der Waals surface area (Å²) in [5.41, 5.74) is 3.44. The molecule has 0 bridgehead atoms. The second-order valence-electron chi connectivity index (χ2n) is 5.17. The first-order valence-corrected chi connectivity index (χ1v) is 8.27. The van der Waals surface area contributed by atoms with E-state index in [-0.39, 0.29) is 22.1 Å². The average Bonchev–Trinajstić information content (AvgIpc) is 2.86. The fraction of sp³-hybridized carbons (Fsp3) is 0.0588. The zero-order valence-corrected chi connectivity index (χ0v) is 15.3. The molecule has 2 aromatic rings. The van der Waals surface area contributed by atoms with Gasteiger partial charge in [0.15, 0.2) is 11.5 Å². The number of nitrogens with one attached hydrogen (secondary N) is 1. The zero-order valence-electron chi connectivity index (χ0n) is 12.9. The van der Waals surface area contributed by atoms with Crippen LogP contribution < -0.4 is 15.2 Å². The quantitative estimate of drug-likeness (QED) is 0.587. The second-order valence-corrected chi connectivity index (χ2v) is 6.50. The summed E-state index contributed by atoms with van der Waals surface area (Å²) in [5, 5.41) is 11.0. The summed E-state index contributed by atoms with van der Waals surface area (Å²) in [5.74, 6) is -1.09. The van der Waals surface area contributed by atoms with Gasteiger partial charge in [-0.15, -0.1) is 0 Å². The SMILES string of the molecule is COc1cc(C=C2C(=O)NN(c3cccc(Br)c3)C2=O)cc(Cl)c1O. The van der Waals surface area contributed by atoms with Crippen molar-refractivity contribution in [1.82, 2.24) is 5.43 Å². The molecular formula is C17H12BrClN2O4. The lowest BCUT2D eigenvalue weighted by Crippen LogP contribution is -2.35. The number of hydrazine groups is 1. The van der Waals surface area contributed by atoms with E-state index in [1.807, 2.05) is 6.07 Å². The van der Waals surface area contributed by atoms with Crippen molar-refractivity contribution in [3.63, 3.8) is 0 Å². The van der Waals surface area contributed by atoms with Crippen LogP contribution in [0.1, 0.15) is 5.56 Å². The summed E-state index contributed by atoms with van der Waals surface area (Å²) < 4.78 is 5.80. The van der Waals surface area contributed by atoms with Gasteiger partial charge in [-0.1, -0.05) is 33.6 Å². The van der Waals surface area contributed by atoms with Crippen molar-refractivity contribution < 1.29 is 19.4 Å². The highest BCUT2D eigenvalue weighted by Crippen LogP contribution is 2.36. The third kappa shape index (κ3) is 3.33. The minimum Gasteiger partial charge on any atom is -0.503 e. The molecule has 0 saturated carbocycles. The highest BCUT2D eigenvalue weighted by atomic mass is 79.9. The van der Waals surface area contributed by atoms with Gasteiger partial charge in [-0.25, -0.2) is 5.01 Å². The standard InChI is InChI=1S/C17H12BrClN2O4/c1-25-14-7-9(6-13(19)15(14)22)5-12-16(23)20-21(17(12)24)11-4-2-3-10(18)8-11/h2-8,22H,1H3,(H,20,23). The van der Waals surface area contributed by atoms with Crippen LogP contribution in [0.15, 0.2) is 46.4 Å². The van der Waals surface area contributed by atoms with Crippen LogP contribution in [0, 0.1) is 0 Å². The highest BCUT2D eigenvalue weighted by Gasteiger charge is 2.34. The first-order valence-electron chi connectivity index (χ1n) is 7.10. The average molecular weight is 424 g/mol. The van der Waals surface area contributed by atoms with Gasteiger partial charge in [-0.05, 0) is 42.0 Å². The smallest absolute Gasteiger partial charge is 0.282 e. The number of hydrogen-bond acceptors (Lipinski definition) is 4. The summed E-state index contributed by atoms with van der Waals surface area (Å²) >= 11 is 9.26. The Hall–Kier alpha value is -2.51. The lowest BCUT2D eigenvalue weighted by molar-refractivity contribution is -0.117. The largest absolute Gasteiger partial charge is 0.503 e. The molecule has 0 unspecified atom stereocenters. The molecule has 6 nitrogen and oxygen atoms in total. The summed E-state index contributed by atoms with van der Waals surface area (Å²) in [6.45, 7) is 0. The lowest BCUT2D eigenvalue weighted by Gasteiger charge is -2.14. The molecule has 0 atom stereocenters. The topological polar surface area (TPSA) is 78.9 Å². The molecule has 0 aromatic heterocycles. The van der Waals surface area contributed by atoms with Crippen molar-refractivity contribution >= 4 is 51.1 Å². The third-order valence-corrected chi connectivity index (χ3v) is 4.32. The number of nitrogens with zero attached hydrogens (tertiary/aromatic N) is 1. The minimum absolute atomic E-state index is 0.0521. The molecule has 0 aliphatic carbocycles. The van der Waals surface area contributed by atoms with Gasteiger partial charge in [0.1, 0.15) is 5.57 Å². The summed E-state index contributed by atoms with van der Waals surface area (Å²) in [6.07, 6.45) is 1.39. The van der Waals surface area contributed by atoms with Crippen molar-refractivity contribution in [3.05, 3.63) is 57.0 Å². The number of carbonyl (C=O) groups excluding carboxylic acids is 2. The maximum Gasteiger partial charge on any atom is 0.282 e. The number of ether oxygens (including phenoxy) is 1. The Morgan fingerprint density at radius 3 is 2.72 bits per heavy atom. The predicted octanol–water partition coefficient (Wildman–Crippen LogP) is 3.28. The van der Waals surface area contributed by atoms with Gasteiger partial charge >= 0.3 is 0 Å². The molecule has 0 radical (unpaired) electrons. The summed E-state index contributed by atoms with van der Waals surface area (Å²) in [7, 11) is 1.38. The molecule has 128 valence electrons.